The molecule has 0 fully saturated rings. The lowest BCUT2D eigenvalue weighted by atomic mass is 9.88. The smallest absolute Gasteiger partial charge is 0.235 e. The maximum Gasteiger partial charge on any atom is 0.235 e. The van der Waals surface area contributed by atoms with Crippen LogP contribution < -0.4 is 5.32 Å². The molecule has 1 aliphatic carbocycles. The van der Waals surface area contributed by atoms with E-state index in [0.29, 0.717) is 11.7 Å². The summed E-state index contributed by atoms with van der Waals surface area (Å²) in [6, 6.07) is 18.3. The summed E-state index contributed by atoms with van der Waals surface area (Å²) in [5.41, 5.74) is 3.57. The van der Waals surface area contributed by atoms with Crippen molar-refractivity contribution < 1.29 is 4.79 Å². The van der Waals surface area contributed by atoms with Crippen molar-refractivity contribution in [2.45, 2.75) is 31.1 Å². The van der Waals surface area contributed by atoms with Crippen LogP contribution in [0.1, 0.15) is 23.8 Å². The maximum absolute atomic E-state index is 12.8. The number of thiazole rings is 1. The van der Waals surface area contributed by atoms with Crippen LogP contribution in [0, 0.1) is 5.92 Å². The summed E-state index contributed by atoms with van der Waals surface area (Å²) in [7, 11) is 0. The van der Waals surface area contributed by atoms with Crippen molar-refractivity contribution in [3.63, 3.8) is 0 Å². The van der Waals surface area contributed by atoms with E-state index >= 15 is 0 Å². The van der Waals surface area contributed by atoms with E-state index in [0.717, 1.165) is 38.8 Å². The van der Waals surface area contributed by atoms with Gasteiger partial charge in [-0.15, -0.1) is 34.4 Å². The van der Waals surface area contributed by atoms with Crippen molar-refractivity contribution in [2.24, 2.45) is 5.92 Å². The number of thiophene rings is 1. The van der Waals surface area contributed by atoms with Gasteiger partial charge < -0.3 is 5.32 Å². The first-order valence-electron chi connectivity index (χ1n) is 10.2. The van der Waals surface area contributed by atoms with Crippen LogP contribution in [0.15, 0.2) is 59.5 Å². The summed E-state index contributed by atoms with van der Waals surface area (Å²) in [6.45, 7) is 2.31. The Morgan fingerprint density at radius 1 is 1.13 bits per heavy atom. The number of anilines is 1. The summed E-state index contributed by atoms with van der Waals surface area (Å²) in [6.07, 6.45) is 3.35. The Kier molecular flexibility index (Phi) is 5.63. The van der Waals surface area contributed by atoms with E-state index in [9.17, 15) is 4.79 Å². The van der Waals surface area contributed by atoms with Crippen molar-refractivity contribution in [2.75, 3.05) is 11.1 Å². The zero-order chi connectivity index (χ0) is 20.5. The van der Waals surface area contributed by atoms with Crippen LogP contribution in [0.5, 0.6) is 0 Å². The fraction of sp³-hybridized carbons (Fsp3) is 0.250. The lowest BCUT2D eigenvalue weighted by Crippen LogP contribution is -2.13. The molecule has 1 unspecified atom stereocenters. The Hall–Kier alpha value is -2.15. The topological polar surface area (TPSA) is 42.0 Å². The van der Waals surface area contributed by atoms with Gasteiger partial charge in [-0.3, -0.25) is 4.79 Å². The molecule has 2 aromatic heterocycles. The molecule has 1 atom stereocenters. The summed E-state index contributed by atoms with van der Waals surface area (Å²) >= 11 is 5.03. The Balaban J connectivity index is 1.46. The molecule has 3 nitrogen and oxygen atoms in total. The first-order valence-corrected chi connectivity index (χ1v) is 12.8. The predicted molar refractivity (Wildman–Crippen MR) is 130 cm³/mol. The zero-order valence-corrected chi connectivity index (χ0v) is 19.1. The van der Waals surface area contributed by atoms with Gasteiger partial charge >= 0.3 is 0 Å². The quantitative estimate of drug-likeness (QED) is 0.337. The summed E-state index contributed by atoms with van der Waals surface area (Å²) in [5, 5.41) is 5.21. The monoisotopic (exact) mass is 450 g/mol. The molecule has 1 amide bonds. The van der Waals surface area contributed by atoms with Gasteiger partial charge in [0, 0.05) is 15.3 Å². The summed E-state index contributed by atoms with van der Waals surface area (Å²) in [4.78, 5) is 20.2. The molecule has 0 aliphatic heterocycles. The van der Waals surface area contributed by atoms with Crippen molar-refractivity contribution >= 4 is 55.6 Å². The summed E-state index contributed by atoms with van der Waals surface area (Å²) in [5.74, 6) is 1.14. The molecular weight excluding hydrogens is 428 g/mol. The molecule has 5 rings (SSSR count). The first kappa shape index (κ1) is 19.8. The van der Waals surface area contributed by atoms with E-state index in [2.05, 4.69) is 30.4 Å². The number of hydrogen-bond donors (Lipinski definition) is 1. The highest BCUT2D eigenvalue weighted by Crippen LogP contribution is 2.47. The number of carbonyl (C=O) groups is 1. The second-order valence-corrected chi connectivity index (χ2v) is 10.9. The highest BCUT2D eigenvalue weighted by Gasteiger charge is 2.27. The van der Waals surface area contributed by atoms with Crippen LogP contribution in [0.2, 0.25) is 0 Å². The largest absolute Gasteiger partial charge is 0.316 e. The van der Waals surface area contributed by atoms with Crippen LogP contribution >= 0.6 is 34.4 Å². The van der Waals surface area contributed by atoms with E-state index in [1.165, 1.54) is 21.6 Å². The number of fused-ring (bicyclic) bond motifs is 2. The number of nitrogens with one attached hydrogen (secondary N) is 1. The molecule has 0 saturated carbocycles. The predicted octanol–water partition coefficient (Wildman–Crippen LogP) is 6.88. The average Bonchev–Trinajstić information content (AvgIpc) is 3.33. The van der Waals surface area contributed by atoms with Crippen LogP contribution in [0.4, 0.5) is 5.00 Å². The van der Waals surface area contributed by atoms with Gasteiger partial charge in [0.1, 0.15) is 10.0 Å². The number of hydrogen-bond acceptors (Lipinski definition) is 5. The van der Waals surface area contributed by atoms with Crippen LogP contribution in [0.25, 0.3) is 20.8 Å². The van der Waals surface area contributed by atoms with Crippen LogP contribution in [-0.2, 0) is 17.6 Å². The minimum Gasteiger partial charge on any atom is -0.316 e. The van der Waals surface area contributed by atoms with Gasteiger partial charge in [0.2, 0.25) is 5.91 Å². The highest BCUT2D eigenvalue weighted by atomic mass is 32.2. The Morgan fingerprint density at radius 3 is 2.77 bits per heavy atom. The standard InChI is InChI=1S/C24H22N2OS3/c1-15-11-12-17-20(13-15)30-24(26-21(27)14-28-16-7-3-2-4-8-16)22(17)23-25-18-9-5-6-10-19(18)29-23/h2-10,15H,11-14H2,1H3,(H,26,27). The molecule has 2 heterocycles. The minimum absolute atomic E-state index is 0.0397. The fourth-order valence-corrected chi connectivity index (χ4v) is 7.13. The summed E-state index contributed by atoms with van der Waals surface area (Å²) < 4.78 is 1.19. The molecule has 30 heavy (non-hydrogen) atoms. The Bertz CT molecular complexity index is 1160. The lowest BCUT2D eigenvalue weighted by molar-refractivity contribution is -0.113. The second-order valence-electron chi connectivity index (χ2n) is 7.69. The number of rotatable bonds is 5. The minimum atomic E-state index is 0.0397. The third-order valence-corrected chi connectivity index (χ3v) is 8.62. The molecule has 4 aromatic rings. The number of nitrogens with zero attached hydrogens (tertiary/aromatic N) is 1. The molecule has 2 aromatic carbocycles. The van der Waals surface area contributed by atoms with Gasteiger partial charge in [-0.25, -0.2) is 4.98 Å². The Labute approximate surface area is 188 Å². The number of benzene rings is 2. The second kappa shape index (κ2) is 8.53. The van der Waals surface area contributed by atoms with Gasteiger partial charge in [-0.2, -0.15) is 0 Å². The third-order valence-electron chi connectivity index (χ3n) is 5.39. The fourth-order valence-electron chi connectivity index (χ4n) is 3.87. The maximum atomic E-state index is 12.8. The van der Waals surface area contributed by atoms with E-state index in [4.69, 9.17) is 4.98 Å². The average molecular weight is 451 g/mol. The number of thioether (sulfide) groups is 1. The Morgan fingerprint density at radius 2 is 1.93 bits per heavy atom. The molecule has 0 spiro atoms. The van der Waals surface area contributed by atoms with E-state index in [-0.39, 0.29) is 5.91 Å². The van der Waals surface area contributed by atoms with Crippen molar-refractivity contribution in [1.82, 2.24) is 4.98 Å². The first-order chi connectivity index (χ1) is 14.7. The van der Waals surface area contributed by atoms with E-state index in [1.54, 1.807) is 34.4 Å². The van der Waals surface area contributed by atoms with Gasteiger partial charge in [0.25, 0.3) is 0 Å². The molecule has 0 radical (unpaired) electrons. The number of para-hydroxylation sites is 1. The van der Waals surface area contributed by atoms with E-state index < -0.39 is 0 Å². The molecular formula is C24H22N2OS3. The van der Waals surface area contributed by atoms with Gasteiger partial charge in [-0.05, 0) is 55.0 Å². The lowest BCUT2D eigenvalue weighted by Gasteiger charge is -2.18. The molecule has 1 N–H and O–H groups in total. The third kappa shape index (κ3) is 4.04. The molecule has 152 valence electrons. The molecule has 1 aliphatic rings. The molecule has 0 saturated heterocycles. The normalized spacial score (nSPS) is 15.8. The highest BCUT2D eigenvalue weighted by molar-refractivity contribution is 8.00. The number of aromatic nitrogens is 1. The van der Waals surface area contributed by atoms with Gasteiger partial charge in [-0.1, -0.05) is 37.3 Å². The van der Waals surface area contributed by atoms with E-state index in [1.807, 2.05) is 36.4 Å². The number of carbonyl (C=O) groups excluding carboxylic acids is 1. The number of amides is 1. The SMILES string of the molecule is CC1CCc2c(sc(NC(=O)CSc3ccccc3)c2-c2nc3ccccc3s2)C1. The molecule has 6 heteroatoms. The van der Waals surface area contributed by atoms with Gasteiger partial charge in [0.15, 0.2) is 0 Å². The molecule has 0 bridgehead atoms. The van der Waals surface area contributed by atoms with Crippen molar-refractivity contribution in [3.8, 4) is 10.6 Å². The van der Waals surface area contributed by atoms with Crippen molar-refractivity contribution in [1.29, 1.82) is 0 Å². The van der Waals surface area contributed by atoms with Crippen LogP contribution in [0.3, 0.4) is 0 Å². The van der Waals surface area contributed by atoms with Crippen molar-refractivity contribution in [3.05, 3.63) is 65.0 Å². The van der Waals surface area contributed by atoms with Gasteiger partial charge in [0.05, 0.1) is 16.0 Å². The zero-order valence-electron chi connectivity index (χ0n) is 16.7. The van der Waals surface area contributed by atoms with Crippen LogP contribution in [-0.4, -0.2) is 16.6 Å².